The lowest BCUT2D eigenvalue weighted by molar-refractivity contribution is -0.147. The summed E-state index contributed by atoms with van der Waals surface area (Å²) in [6.07, 6.45) is 1.68. The third kappa shape index (κ3) is 11.8. The minimum atomic E-state index is -1.27. The summed E-state index contributed by atoms with van der Waals surface area (Å²) in [5.41, 5.74) is 3.26. The van der Waals surface area contributed by atoms with Gasteiger partial charge in [0.1, 0.15) is 30.5 Å². The maximum absolute atomic E-state index is 14.6. The molecule has 4 rings (SSSR count). The topological polar surface area (TPSA) is 156 Å². The first kappa shape index (κ1) is 41.8. The number of nitrogens with zero attached hydrogens (tertiary/aromatic N) is 2. The predicted octanol–water partition coefficient (Wildman–Crippen LogP) is 4.33. The largest absolute Gasteiger partial charge is 0.491 e. The van der Waals surface area contributed by atoms with Crippen molar-refractivity contribution >= 4 is 35.4 Å². The third-order valence-electron chi connectivity index (χ3n) is 9.70. The smallest absolute Gasteiger partial charge is 0.407 e. The number of ether oxygens (including phenoxy) is 4. The molecule has 53 heavy (non-hydrogen) atoms. The first-order chi connectivity index (χ1) is 25.3. The monoisotopic (exact) mass is 758 g/mol. The van der Waals surface area contributed by atoms with Gasteiger partial charge in [-0.1, -0.05) is 51.1 Å². The van der Waals surface area contributed by atoms with E-state index in [1.807, 2.05) is 57.2 Å². The summed E-state index contributed by atoms with van der Waals surface area (Å²) in [6, 6.07) is 10.6. The van der Waals surface area contributed by atoms with Crippen LogP contribution in [0.15, 0.2) is 42.5 Å². The van der Waals surface area contributed by atoms with Gasteiger partial charge in [-0.2, -0.15) is 0 Å². The number of amides is 4. The standard InChI is InChI=1S/C39H55ClN4O9/c1-26(43(5)38(48)49)35(45)42-34(39(2,3)4)37(47)44-25-29-23-30(53-22-21-52-20-19-51-18-17-50-16-15-40)14-13-28(29)24-33(44)36(46)41-32-12-8-10-27-9-6-7-11-31(27)32/h6-7,9,11,13-14,23,26,32-34H,8,10,12,15-22,24-25H2,1-5H3,(H,41,46)(H,42,45)(H,48,49)/t26?,32-,33?,34?/m1/s1. The quantitative estimate of drug-likeness (QED) is 0.149. The van der Waals surface area contributed by atoms with Crippen molar-refractivity contribution in [3.8, 4) is 5.75 Å². The predicted molar refractivity (Wildman–Crippen MR) is 200 cm³/mol. The average Bonchev–Trinajstić information content (AvgIpc) is 3.14. The zero-order valence-corrected chi connectivity index (χ0v) is 32.3. The summed E-state index contributed by atoms with van der Waals surface area (Å²) in [7, 11) is 1.30. The summed E-state index contributed by atoms with van der Waals surface area (Å²) in [6.45, 7) is 9.97. The number of fused-ring (bicyclic) bond motifs is 2. The van der Waals surface area contributed by atoms with Crippen LogP contribution in [0.4, 0.5) is 4.79 Å². The minimum Gasteiger partial charge on any atom is -0.491 e. The van der Waals surface area contributed by atoms with Crippen LogP contribution in [-0.4, -0.2) is 116 Å². The molecule has 13 nitrogen and oxygen atoms in total. The fraction of sp³-hybridized carbons (Fsp3) is 0.590. The SMILES string of the molecule is CC(C(=O)NC(C(=O)N1Cc2cc(OCCOCCOCCOCCCl)ccc2CC1C(=O)N[C@@H]1CCCc2ccccc21)C(C)(C)C)N(C)C(=O)O. The Morgan fingerprint density at radius 1 is 0.943 bits per heavy atom. The third-order valence-corrected chi connectivity index (χ3v) is 9.86. The lowest BCUT2D eigenvalue weighted by Crippen LogP contribution is -2.62. The normalized spacial score (nSPS) is 17.9. The van der Waals surface area contributed by atoms with Gasteiger partial charge >= 0.3 is 6.09 Å². The van der Waals surface area contributed by atoms with Crippen LogP contribution in [0, 0.1) is 5.41 Å². The number of hydrogen-bond donors (Lipinski definition) is 3. The first-order valence-electron chi connectivity index (χ1n) is 18.3. The number of benzene rings is 2. The van der Waals surface area contributed by atoms with Crippen LogP contribution in [0.5, 0.6) is 5.75 Å². The van der Waals surface area contributed by atoms with Crippen LogP contribution in [0.2, 0.25) is 0 Å². The molecule has 2 aromatic carbocycles. The van der Waals surface area contributed by atoms with E-state index in [4.69, 9.17) is 30.5 Å². The first-order valence-corrected chi connectivity index (χ1v) is 18.8. The number of alkyl halides is 1. The van der Waals surface area contributed by atoms with Gasteiger partial charge in [0, 0.05) is 25.9 Å². The van der Waals surface area contributed by atoms with E-state index in [9.17, 15) is 24.3 Å². The molecule has 3 unspecified atom stereocenters. The average molecular weight is 759 g/mol. The van der Waals surface area contributed by atoms with E-state index in [1.165, 1.54) is 19.5 Å². The Morgan fingerprint density at radius 3 is 2.26 bits per heavy atom. The molecule has 4 atom stereocenters. The second kappa shape index (κ2) is 20.0. The molecule has 2 aliphatic rings. The molecule has 4 amide bonds. The molecule has 1 aliphatic heterocycles. The number of halogens is 1. The van der Waals surface area contributed by atoms with E-state index >= 15 is 0 Å². The van der Waals surface area contributed by atoms with Crippen molar-refractivity contribution in [2.24, 2.45) is 5.41 Å². The van der Waals surface area contributed by atoms with Gasteiger partial charge in [0.25, 0.3) is 0 Å². The Labute approximate surface area is 317 Å². The van der Waals surface area contributed by atoms with Crippen LogP contribution in [0.1, 0.15) is 68.8 Å². The molecular formula is C39H55ClN4O9. The van der Waals surface area contributed by atoms with Crippen molar-refractivity contribution in [3.05, 3.63) is 64.7 Å². The van der Waals surface area contributed by atoms with Gasteiger partial charge in [-0.25, -0.2) is 4.79 Å². The number of carbonyl (C=O) groups excluding carboxylic acids is 3. The Kier molecular flexibility index (Phi) is 15.8. The van der Waals surface area contributed by atoms with Gasteiger partial charge in [0.05, 0.1) is 45.7 Å². The maximum Gasteiger partial charge on any atom is 0.407 e. The fourth-order valence-electron chi connectivity index (χ4n) is 6.52. The molecule has 1 heterocycles. The Balaban J connectivity index is 1.50. The molecular weight excluding hydrogens is 704 g/mol. The molecule has 14 heteroatoms. The zero-order valence-electron chi connectivity index (χ0n) is 31.5. The van der Waals surface area contributed by atoms with E-state index in [1.54, 1.807) is 4.90 Å². The number of aryl methyl sites for hydroxylation is 1. The molecule has 1 aliphatic carbocycles. The number of nitrogens with one attached hydrogen (secondary N) is 2. The van der Waals surface area contributed by atoms with Crippen molar-refractivity contribution in [1.82, 2.24) is 20.4 Å². The number of hydrogen-bond acceptors (Lipinski definition) is 8. The van der Waals surface area contributed by atoms with E-state index in [-0.39, 0.29) is 24.9 Å². The van der Waals surface area contributed by atoms with Gasteiger partial charge in [-0.15, -0.1) is 11.6 Å². The van der Waals surface area contributed by atoms with E-state index < -0.39 is 41.4 Å². The Bertz CT molecular complexity index is 1550. The van der Waals surface area contributed by atoms with E-state index in [0.29, 0.717) is 57.9 Å². The highest BCUT2D eigenvalue weighted by atomic mass is 35.5. The van der Waals surface area contributed by atoms with Gasteiger partial charge in [-0.05, 0) is 66.0 Å². The Hall–Kier alpha value is -3.91. The molecule has 0 aromatic heterocycles. The molecule has 0 saturated carbocycles. The molecule has 2 aromatic rings. The Morgan fingerprint density at radius 2 is 1.60 bits per heavy atom. The molecule has 3 N–H and O–H groups in total. The van der Waals surface area contributed by atoms with Crippen molar-refractivity contribution in [2.75, 3.05) is 59.2 Å². The van der Waals surface area contributed by atoms with Crippen LogP contribution in [0.25, 0.3) is 0 Å². The van der Waals surface area contributed by atoms with Crippen molar-refractivity contribution in [1.29, 1.82) is 0 Å². The molecule has 0 bridgehead atoms. The van der Waals surface area contributed by atoms with Crippen molar-refractivity contribution in [2.45, 2.75) is 84.1 Å². The highest BCUT2D eigenvalue weighted by Crippen LogP contribution is 2.33. The highest BCUT2D eigenvalue weighted by Gasteiger charge is 2.43. The second-order valence-corrected chi connectivity index (χ2v) is 14.9. The summed E-state index contributed by atoms with van der Waals surface area (Å²) in [5.74, 6) is -0.267. The number of carbonyl (C=O) groups is 4. The van der Waals surface area contributed by atoms with Crippen LogP contribution >= 0.6 is 11.6 Å². The molecule has 292 valence electrons. The highest BCUT2D eigenvalue weighted by molar-refractivity contribution is 6.17. The summed E-state index contributed by atoms with van der Waals surface area (Å²) in [5, 5.41) is 15.5. The lowest BCUT2D eigenvalue weighted by Gasteiger charge is -2.42. The van der Waals surface area contributed by atoms with Gasteiger partial charge in [0.2, 0.25) is 17.7 Å². The second-order valence-electron chi connectivity index (χ2n) is 14.5. The molecule has 0 spiro atoms. The van der Waals surface area contributed by atoms with Gasteiger partial charge < -0.3 is 39.6 Å². The van der Waals surface area contributed by atoms with E-state index in [2.05, 4.69) is 16.7 Å². The molecule has 0 fully saturated rings. The zero-order chi connectivity index (χ0) is 38.5. The lowest BCUT2D eigenvalue weighted by atomic mass is 9.83. The van der Waals surface area contributed by atoms with Gasteiger partial charge in [-0.3, -0.25) is 19.3 Å². The summed E-state index contributed by atoms with van der Waals surface area (Å²) in [4.78, 5) is 56.2. The number of likely N-dealkylation sites (N-methyl/N-ethyl adjacent to an activating group) is 1. The van der Waals surface area contributed by atoms with E-state index in [0.717, 1.165) is 40.9 Å². The number of rotatable bonds is 18. The number of carboxylic acid groups (broad SMARTS) is 1. The molecule has 0 saturated heterocycles. The maximum atomic E-state index is 14.6. The van der Waals surface area contributed by atoms with Gasteiger partial charge in [0.15, 0.2) is 0 Å². The summed E-state index contributed by atoms with van der Waals surface area (Å²) < 4.78 is 22.3. The fourth-order valence-corrected chi connectivity index (χ4v) is 6.63. The molecule has 0 radical (unpaired) electrons. The van der Waals surface area contributed by atoms with Crippen LogP contribution in [0.3, 0.4) is 0 Å². The summed E-state index contributed by atoms with van der Waals surface area (Å²) >= 11 is 5.58. The van der Waals surface area contributed by atoms with Crippen LogP contribution < -0.4 is 15.4 Å². The minimum absolute atomic E-state index is 0.111. The van der Waals surface area contributed by atoms with Crippen molar-refractivity contribution in [3.63, 3.8) is 0 Å². The van der Waals surface area contributed by atoms with Crippen molar-refractivity contribution < 1.29 is 43.2 Å². The van der Waals surface area contributed by atoms with Crippen LogP contribution in [-0.2, 0) is 48.0 Å².